The summed E-state index contributed by atoms with van der Waals surface area (Å²) >= 11 is 9.83. The maximum Gasteiger partial charge on any atom is 0.420 e. The van der Waals surface area contributed by atoms with Crippen LogP contribution in [0, 0.1) is 6.92 Å². The first-order valence-electron chi connectivity index (χ1n) is 7.77. The van der Waals surface area contributed by atoms with Gasteiger partial charge in [0.15, 0.2) is 5.82 Å². The van der Waals surface area contributed by atoms with Gasteiger partial charge in [-0.25, -0.2) is 14.7 Å². The predicted molar refractivity (Wildman–Crippen MR) is 101 cm³/mol. The number of aromatic nitrogens is 1. The van der Waals surface area contributed by atoms with Crippen molar-refractivity contribution in [1.82, 2.24) is 4.98 Å². The zero-order valence-electron chi connectivity index (χ0n) is 14.4. The molecule has 5 nitrogen and oxygen atoms in total. The number of ether oxygens (including phenoxy) is 2. The van der Waals surface area contributed by atoms with Crippen LogP contribution in [-0.2, 0) is 11.3 Å². The van der Waals surface area contributed by atoms with Gasteiger partial charge in [-0.15, -0.1) is 0 Å². The minimum atomic E-state index is -0.648. The lowest BCUT2D eigenvalue weighted by Crippen LogP contribution is -2.34. The van der Waals surface area contributed by atoms with Crippen molar-refractivity contribution in [3.63, 3.8) is 0 Å². The van der Waals surface area contributed by atoms with E-state index in [4.69, 9.17) is 21.1 Å². The van der Waals surface area contributed by atoms with E-state index in [9.17, 15) is 4.79 Å². The molecule has 1 aromatic heterocycles. The molecule has 0 bridgehead atoms. The molecule has 0 unspecified atom stereocenters. The second-order valence-corrected chi connectivity index (χ2v) is 8.03. The highest BCUT2D eigenvalue weighted by Crippen LogP contribution is 2.43. The second kappa shape index (κ2) is 6.50. The summed E-state index contributed by atoms with van der Waals surface area (Å²) in [5.41, 5.74) is 1.54. The van der Waals surface area contributed by atoms with Gasteiger partial charge in [-0.1, -0.05) is 27.5 Å². The van der Waals surface area contributed by atoms with Crippen LogP contribution in [0.3, 0.4) is 0 Å². The van der Waals surface area contributed by atoms with Crippen molar-refractivity contribution in [2.24, 2.45) is 0 Å². The Morgan fingerprint density at radius 2 is 2.12 bits per heavy atom. The van der Waals surface area contributed by atoms with Gasteiger partial charge in [0.25, 0.3) is 0 Å². The van der Waals surface area contributed by atoms with E-state index in [1.54, 1.807) is 12.3 Å². The minimum absolute atomic E-state index is 0.218. The van der Waals surface area contributed by atoms with Crippen LogP contribution in [0.2, 0.25) is 5.02 Å². The van der Waals surface area contributed by atoms with E-state index in [0.29, 0.717) is 27.8 Å². The van der Waals surface area contributed by atoms with Crippen molar-refractivity contribution in [2.75, 3.05) is 4.90 Å². The van der Waals surface area contributed by atoms with Crippen molar-refractivity contribution in [1.29, 1.82) is 0 Å². The average molecular weight is 426 g/mol. The van der Waals surface area contributed by atoms with Crippen LogP contribution in [-0.4, -0.2) is 16.7 Å². The third-order valence-corrected chi connectivity index (χ3v) is 4.83. The molecule has 3 rings (SSSR count). The van der Waals surface area contributed by atoms with Crippen molar-refractivity contribution in [3.05, 3.63) is 45.0 Å². The summed E-state index contributed by atoms with van der Waals surface area (Å²) in [5, 5.41) is 0.488. The number of aryl methyl sites for hydroxylation is 1. The minimum Gasteiger partial charge on any atom is -0.486 e. The van der Waals surface area contributed by atoms with Gasteiger partial charge < -0.3 is 9.47 Å². The summed E-state index contributed by atoms with van der Waals surface area (Å²) in [6, 6.07) is 5.37. The number of nitrogens with zero attached hydrogens (tertiary/aromatic N) is 2. The highest BCUT2D eigenvalue weighted by Gasteiger charge is 2.33. The molecule has 1 aliphatic heterocycles. The number of hydrogen-bond donors (Lipinski definition) is 0. The van der Waals surface area contributed by atoms with Crippen LogP contribution >= 0.6 is 27.5 Å². The Hall–Kier alpha value is -1.79. The lowest BCUT2D eigenvalue weighted by atomic mass is 10.2. The molecular formula is C18H18BrClN2O3. The zero-order chi connectivity index (χ0) is 18.4. The number of anilines is 2. The van der Waals surface area contributed by atoms with Crippen LogP contribution in [0.25, 0.3) is 0 Å². The van der Waals surface area contributed by atoms with E-state index >= 15 is 0 Å². The highest BCUT2D eigenvalue weighted by molar-refractivity contribution is 9.10. The normalized spacial score (nSPS) is 13.4. The van der Waals surface area contributed by atoms with Gasteiger partial charge in [-0.05, 0) is 51.5 Å². The maximum atomic E-state index is 12.9. The van der Waals surface area contributed by atoms with Crippen molar-refractivity contribution in [2.45, 2.75) is 39.9 Å². The number of carbonyl (C=O) groups is 1. The third-order valence-electron chi connectivity index (χ3n) is 3.62. The molecular weight excluding hydrogens is 408 g/mol. The summed E-state index contributed by atoms with van der Waals surface area (Å²) in [4.78, 5) is 18.7. The van der Waals surface area contributed by atoms with Gasteiger partial charge >= 0.3 is 6.09 Å². The summed E-state index contributed by atoms with van der Waals surface area (Å²) in [6.07, 6.45) is 1.03. The zero-order valence-corrected chi connectivity index (χ0v) is 16.7. The molecule has 0 saturated carbocycles. The van der Waals surface area contributed by atoms with Crippen molar-refractivity contribution in [3.8, 4) is 5.75 Å². The summed E-state index contributed by atoms with van der Waals surface area (Å²) in [5.74, 6) is 0.983. The van der Waals surface area contributed by atoms with E-state index in [-0.39, 0.29) is 6.61 Å². The molecule has 0 aliphatic carbocycles. The predicted octanol–water partition coefficient (Wildman–Crippen LogP) is 5.77. The van der Waals surface area contributed by atoms with Crippen molar-refractivity contribution >= 4 is 45.1 Å². The lowest BCUT2D eigenvalue weighted by molar-refractivity contribution is 0.0598. The van der Waals surface area contributed by atoms with Crippen LogP contribution in [0.15, 0.2) is 28.9 Å². The van der Waals surface area contributed by atoms with Gasteiger partial charge in [0.05, 0.1) is 16.3 Å². The molecule has 1 aromatic carbocycles. The van der Waals surface area contributed by atoms with Crippen LogP contribution < -0.4 is 9.64 Å². The molecule has 132 valence electrons. The molecule has 1 aliphatic rings. The Kier molecular flexibility index (Phi) is 4.68. The van der Waals surface area contributed by atoms with E-state index in [0.717, 1.165) is 10.0 Å². The molecule has 25 heavy (non-hydrogen) atoms. The Morgan fingerprint density at radius 3 is 2.80 bits per heavy atom. The van der Waals surface area contributed by atoms with E-state index in [1.165, 1.54) is 4.90 Å². The summed E-state index contributed by atoms with van der Waals surface area (Å²) in [7, 11) is 0. The summed E-state index contributed by atoms with van der Waals surface area (Å²) < 4.78 is 12.4. The molecule has 2 heterocycles. The number of pyridine rings is 1. The maximum absolute atomic E-state index is 12.9. The second-order valence-electron chi connectivity index (χ2n) is 6.77. The molecule has 0 atom stereocenters. The fraction of sp³-hybridized carbons (Fsp3) is 0.333. The first-order chi connectivity index (χ1) is 11.7. The van der Waals surface area contributed by atoms with Crippen LogP contribution in [0.4, 0.5) is 16.3 Å². The largest absolute Gasteiger partial charge is 0.486 e. The Labute approximate surface area is 160 Å². The number of hydrogen-bond acceptors (Lipinski definition) is 4. The van der Waals surface area contributed by atoms with Crippen LogP contribution in [0.5, 0.6) is 5.75 Å². The number of amides is 1. The molecule has 1 amide bonds. The fourth-order valence-corrected chi connectivity index (χ4v) is 3.00. The SMILES string of the molecule is Cc1cc2c(cc1Br)N(C(=O)OC(C)(C)C)c1nccc(Cl)c1CO2. The number of carbonyl (C=O) groups excluding carboxylic acids is 1. The molecule has 0 saturated heterocycles. The molecule has 0 N–H and O–H groups in total. The average Bonchev–Trinajstić information content (AvgIpc) is 2.64. The topological polar surface area (TPSA) is 51.7 Å². The molecule has 0 spiro atoms. The number of rotatable bonds is 0. The van der Waals surface area contributed by atoms with E-state index in [1.807, 2.05) is 39.8 Å². The number of halogens is 2. The fourth-order valence-electron chi connectivity index (χ4n) is 2.48. The van der Waals surface area contributed by atoms with Gasteiger partial charge in [0.1, 0.15) is 18.0 Å². The van der Waals surface area contributed by atoms with Crippen molar-refractivity contribution < 1.29 is 14.3 Å². The van der Waals surface area contributed by atoms with Crippen LogP contribution in [0.1, 0.15) is 31.9 Å². The van der Waals surface area contributed by atoms with Gasteiger partial charge in [-0.2, -0.15) is 0 Å². The highest BCUT2D eigenvalue weighted by atomic mass is 79.9. The summed E-state index contributed by atoms with van der Waals surface area (Å²) in [6.45, 7) is 7.62. The number of fused-ring (bicyclic) bond motifs is 2. The molecule has 2 aromatic rings. The molecule has 7 heteroatoms. The monoisotopic (exact) mass is 424 g/mol. The van der Waals surface area contributed by atoms with Gasteiger partial charge in [0, 0.05) is 10.7 Å². The Morgan fingerprint density at radius 1 is 1.40 bits per heavy atom. The first kappa shape index (κ1) is 18.0. The number of benzene rings is 1. The Bertz CT molecular complexity index is 849. The third kappa shape index (κ3) is 3.60. The van der Waals surface area contributed by atoms with E-state index in [2.05, 4.69) is 20.9 Å². The first-order valence-corrected chi connectivity index (χ1v) is 8.94. The molecule has 0 radical (unpaired) electrons. The quantitative estimate of drug-likeness (QED) is 0.537. The molecule has 0 fully saturated rings. The standard InChI is InChI=1S/C18H18BrClN2O3/c1-10-7-15-14(8-12(10)19)22(17(23)25-18(2,3)4)16-11(9-24-15)13(20)5-6-21-16/h5-8H,9H2,1-4H3. The van der Waals surface area contributed by atoms with E-state index < -0.39 is 11.7 Å². The Balaban J connectivity index is 2.21. The lowest BCUT2D eigenvalue weighted by Gasteiger charge is -2.27. The smallest absolute Gasteiger partial charge is 0.420 e. The van der Waals surface area contributed by atoms with Gasteiger partial charge in [-0.3, -0.25) is 0 Å². The van der Waals surface area contributed by atoms with Gasteiger partial charge in [0.2, 0.25) is 0 Å².